The van der Waals surface area contributed by atoms with Gasteiger partial charge in [0.15, 0.2) is 0 Å². The molecule has 0 aliphatic rings. The molecular formula is C74H131N19O14. The number of hydrogen-bond donors (Lipinski definition) is 20. The van der Waals surface area contributed by atoms with E-state index in [1.54, 1.807) is 47.7 Å². The lowest BCUT2D eigenvalue weighted by Crippen LogP contribution is -2.62. The maximum Gasteiger partial charge on any atom is 0.245 e. The molecule has 13 amide bonds. The summed E-state index contributed by atoms with van der Waals surface area (Å²) >= 11 is 0. The van der Waals surface area contributed by atoms with Gasteiger partial charge in [-0.2, -0.15) is 0 Å². The number of benzene rings is 1. The Morgan fingerprint density at radius 1 is 0.364 bits per heavy atom. The molecule has 0 fully saturated rings. The first-order chi connectivity index (χ1) is 50.4. The number of hydrogen-bond acceptors (Lipinski definition) is 19. The lowest BCUT2D eigenvalue weighted by Gasteiger charge is -2.30. The quantitative estimate of drug-likeness (QED) is 0.0358. The number of aromatic amines is 1. The van der Waals surface area contributed by atoms with Gasteiger partial charge in [-0.1, -0.05) is 87.4 Å². The van der Waals surface area contributed by atoms with Gasteiger partial charge in [0.1, 0.15) is 72.5 Å². The zero-order valence-corrected chi connectivity index (χ0v) is 65.4. The van der Waals surface area contributed by atoms with Crippen molar-refractivity contribution in [2.45, 2.75) is 284 Å². The van der Waals surface area contributed by atoms with Gasteiger partial charge < -0.3 is 108 Å². The second-order valence-electron chi connectivity index (χ2n) is 30.1. The molecule has 606 valence electrons. The average molecular weight is 1510 g/mol. The Hall–Kier alpha value is -8.37. The number of carbonyl (C=O) groups excluding carboxylic acids is 13. The van der Waals surface area contributed by atoms with E-state index in [1.807, 2.05) is 52.0 Å². The summed E-state index contributed by atoms with van der Waals surface area (Å²) in [4.78, 5) is 186. The van der Waals surface area contributed by atoms with E-state index < -0.39 is 167 Å². The highest BCUT2D eigenvalue weighted by Crippen LogP contribution is 2.21. The van der Waals surface area contributed by atoms with Crippen LogP contribution in [0.25, 0.3) is 10.9 Å². The highest BCUT2D eigenvalue weighted by atomic mass is 16.3. The standard InChI is InChI=1S/C74H131N19O14/c1-40(2)34-55(87-63(96)45(11)79)70(103)89-59(38-48-39-81-50-25-15-14-24-49(48)50)72(105)86-54(29-19-23-33-78)67(100)93-61(47(13)94)74(107)91-58(37-43(7)8)71(104)88-56(35-41(3)4)68(101)85-52(27-17-21-31-76)65(98)83-53(28-18-22-32-77)66(99)92-60(44(9)10)73(106)90-57(36-42(5)6)69(102)84-51(26-16-20-30-75)64(97)82-46(12)62(80)95/h14-15,24-25,39-47,51-61,81,94H,16-23,26-38,75-79H2,1-13H3,(H2,80,95)(H,82,97)(H,83,98)(H,84,102)(H,85,101)(H,86,105)(H,87,96)(H,88,104)(H,89,103)(H,90,106)(H,91,107)(H,92,99)(H,93,100)/t45-,46-,47+,51-,52-,53-,54-,55-,56-,57-,58-,59-,60-,61-/m0/s1. The first-order valence-electron chi connectivity index (χ1n) is 38.1. The predicted molar refractivity (Wildman–Crippen MR) is 410 cm³/mol. The second-order valence-corrected chi connectivity index (χ2v) is 30.1. The number of aliphatic hydroxyl groups excluding tert-OH is 1. The monoisotopic (exact) mass is 1510 g/mol. The summed E-state index contributed by atoms with van der Waals surface area (Å²) in [5, 5.41) is 44.6. The van der Waals surface area contributed by atoms with E-state index in [2.05, 4.69) is 68.8 Å². The summed E-state index contributed by atoms with van der Waals surface area (Å²) in [6.07, 6.45) is 3.84. The Bertz CT molecular complexity index is 3160. The molecule has 0 aliphatic heterocycles. The maximum atomic E-state index is 14.7. The van der Waals surface area contributed by atoms with Gasteiger partial charge >= 0.3 is 0 Å². The normalized spacial score (nSPS) is 15.5. The highest BCUT2D eigenvalue weighted by molar-refractivity contribution is 6.00. The number of amides is 13. The molecule has 0 saturated heterocycles. The number of rotatable bonds is 53. The lowest BCUT2D eigenvalue weighted by molar-refractivity contribution is -0.137. The van der Waals surface area contributed by atoms with Crippen molar-refractivity contribution in [3.8, 4) is 0 Å². The van der Waals surface area contributed by atoms with E-state index in [1.165, 1.54) is 20.8 Å². The van der Waals surface area contributed by atoms with Gasteiger partial charge in [0.05, 0.1) is 12.1 Å². The van der Waals surface area contributed by atoms with Crippen molar-refractivity contribution in [1.82, 2.24) is 68.8 Å². The number of fused-ring (bicyclic) bond motifs is 1. The van der Waals surface area contributed by atoms with Gasteiger partial charge in [-0.25, -0.2) is 0 Å². The Kier molecular flexibility index (Phi) is 43.9. The van der Waals surface area contributed by atoms with Gasteiger partial charge in [0.2, 0.25) is 76.8 Å². The molecule has 0 aliphatic carbocycles. The van der Waals surface area contributed by atoms with Crippen LogP contribution in [0.1, 0.15) is 198 Å². The van der Waals surface area contributed by atoms with E-state index in [-0.39, 0.29) is 101 Å². The SMILES string of the molecule is CC(C)C[C@H](NC(=O)[C@H](C)N)C(=O)N[C@@H](Cc1c[nH]c2ccccc12)C(=O)N[C@@H](CCCCN)C(=O)N[C@H](C(=O)N[C@@H](CC(C)C)C(=O)N[C@@H](CC(C)C)C(=O)N[C@@H](CCCCN)C(=O)N[C@@H](CCCCN)C(=O)N[C@H](C(=O)N[C@@H](CC(C)C)C(=O)N[C@@H](CCCCN)C(=O)N[C@@H](C)C(N)=O)C(C)C)[C@@H](C)O. The van der Waals surface area contributed by atoms with Gasteiger partial charge in [0.25, 0.3) is 0 Å². The minimum atomic E-state index is -1.73. The molecule has 1 aromatic carbocycles. The lowest BCUT2D eigenvalue weighted by atomic mass is 9.98. The zero-order chi connectivity index (χ0) is 80.8. The molecule has 0 radical (unpaired) electrons. The Morgan fingerprint density at radius 2 is 0.654 bits per heavy atom. The van der Waals surface area contributed by atoms with E-state index in [0.717, 1.165) is 10.9 Å². The molecule has 2 rings (SSSR count). The summed E-state index contributed by atoms with van der Waals surface area (Å²) in [7, 11) is 0. The molecule has 14 atom stereocenters. The Morgan fingerprint density at radius 3 is 0.991 bits per heavy atom. The van der Waals surface area contributed by atoms with Crippen LogP contribution in [0.4, 0.5) is 0 Å². The number of para-hydroxylation sites is 1. The van der Waals surface area contributed by atoms with E-state index >= 15 is 0 Å². The van der Waals surface area contributed by atoms with Crippen molar-refractivity contribution < 1.29 is 67.4 Å². The number of primary amides is 1. The maximum absolute atomic E-state index is 14.7. The minimum absolute atomic E-state index is 0.00968. The van der Waals surface area contributed by atoms with Crippen LogP contribution >= 0.6 is 0 Å². The molecule has 107 heavy (non-hydrogen) atoms. The number of aromatic nitrogens is 1. The number of nitrogens with one attached hydrogen (secondary N) is 13. The molecule has 33 heteroatoms. The van der Waals surface area contributed by atoms with Gasteiger partial charge in [-0.15, -0.1) is 0 Å². The van der Waals surface area contributed by atoms with Crippen LogP contribution in [0, 0.1) is 29.6 Å². The molecule has 0 bridgehead atoms. The molecule has 2 aromatic rings. The van der Waals surface area contributed by atoms with E-state index in [9.17, 15) is 67.4 Å². The van der Waals surface area contributed by atoms with Crippen LogP contribution in [0.3, 0.4) is 0 Å². The summed E-state index contributed by atoms with van der Waals surface area (Å²) in [5.74, 6) is -11.3. The number of unbranched alkanes of at least 4 members (excludes halogenated alkanes) is 4. The van der Waals surface area contributed by atoms with Crippen LogP contribution in [-0.4, -0.2) is 198 Å². The van der Waals surface area contributed by atoms with Crippen molar-refractivity contribution >= 4 is 87.7 Å². The fourth-order valence-electron chi connectivity index (χ4n) is 11.9. The van der Waals surface area contributed by atoms with Crippen LogP contribution in [-0.2, 0) is 68.7 Å². The van der Waals surface area contributed by atoms with Crippen LogP contribution in [0.15, 0.2) is 30.5 Å². The largest absolute Gasteiger partial charge is 0.391 e. The third-order valence-electron chi connectivity index (χ3n) is 17.9. The molecule has 1 heterocycles. The topological polar surface area (TPSA) is 558 Å². The summed E-state index contributed by atoms with van der Waals surface area (Å²) in [6.45, 7) is 23.0. The summed E-state index contributed by atoms with van der Waals surface area (Å²) in [6, 6.07) is -9.13. The first-order valence-corrected chi connectivity index (χ1v) is 38.1. The number of aliphatic hydroxyl groups is 1. The number of nitrogens with two attached hydrogens (primary N) is 6. The summed E-state index contributed by atoms with van der Waals surface area (Å²) in [5.41, 5.74) is 36.0. The minimum Gasteiger partial charge on any atom is -0.391 e. The third-order valence-corrected chi connectivity index (χ3v) is 17.9. The fraction of sp³-hybridized carbons (Fsp3) is 0.716. The van der Waals surface area contributed by atoms with E-state index in [4.69, 9.17) is 34.4 Å². The molecule has 26 N–H and O–H groups in total. The van der Waals surface area contributed by atoms with Gasteiger partial charge in [-0.05, 0) is 191 Å². The molecule has 0 spiro atoms. The molecular weight excluding hydrogens is 1380 g/mol. The van der Waals surface area contributed by atoms with Crippen molar-refractivity contribution in [2.24, 2.45) is 64.0 Å². The van der Waals surface area contributed by atoms with Crippen molar-refractivity contribution in [2.75, 3.05) is 26.2 Å². The fourth-order valence-corrected chi connectivity index (χ4v) is 11.9. The average Bonchev–Trinajstić information content (AvgIpc) is 1.79. The highest BCUT2D eigenvalue weighted by Gasteiger charge is 2.39. The second kappa shape index (κ2) is 49.6. The molecule has 0 unspecified atom stereocenters. The molecule has 0 saturated carbocycles. The third kappa shape index (κ3) is 35.0. The Balaban J connectivity index is 2.53. The molecule has 33 nitrogen and oxygen atoms in total. The van der Waals surface area contributed by atoms with Gasteiger partial charge in [-0.3, -0.25) is 62.3 Å². The number of carbonyl (C=O) groups is 13. The summed E-state index contributed by atoms with van der Waals surface area (Å²) < 4.78 is 0. The van der Waals surface area contributed by atoms with Crippen molar-refractivity contribution in [3.63, 3.8) is 0 Å². The van der Waals surface area contributed by atoms with Crippen LogP contribution in [0.2, 0.25) is 0 Å². The Labute approximate surface area is 631 Å². The van der Waals surface area contributed by atoms with Crippen molar-refractivity contribution in [3.05, 3.63) is 36.0 Å². The van der Waals surface area contributed by atoms with Crippen LogP contribution in [0.5, 0.6) is 0 Å². The van der Waals surface area contributed by atoms with E-state index in [0.29, 0.717) is 63.5 Å². The number of H-pyrrole nitrogens is 1. The van der Waals surface area contributed by atoms with Crippen molar-refractivity contribution in [1.29, 1.82) is 0 Å². The first kappa shape index (κ1) is 94.7. The predicted octanol–water partition coefficient (Wildman–Crippen LogP) is -0.882. The zero-order valence-electron chi connectivity index (χ0n) is 65.4. The van der Waals surface area contributed by atoms with Gasteiger partial charge in [0, 0.05) is 23.5 Å². The smallest absolute Gasteiger partial charge is 0.245 e. The van der Waals surface area contributed by atoms with Crippen LogP contribution < -0.4 is 98.2 Å². The molecule has 1 aromatic heterocycles.